The molecule has 1 aromatic carbocycles. The Morgan fingerprint density at radius 2 is 2.18 bits per heavy atom. The SMILES string of the molecule is OCCn1ncc2c1CCC[C@@H]2NC/C=C\c1ccccc1. The molecule has 4 nitrogen and oxygen atoms in total. The zero-order valence-electron chi connectivity index (χ0n) is 12.8. The molecule has 0 amide bonds. The van der Waals surface area contributed by atoms with Gasteiger partial charge in [0, 0.05) is 23.8 Å². The summed E-state index contributed by atoms with van der Waals surface area (Å²) < 4.78 is 1.95. The Labute approximate surface area is 131 Å². The fourth-order valence-corrected chi connectivity index (χ4v) is 3.09. The minimum Gasteiger partial charge on any atom is -0.394 e. The Kier molecular flexibility index (Phi) is 5.03. The number of aliphatic hydroxyl groups is 1. The molecule has 0 spiro atoms. The van der Waals surface area contributed by atoms with Crippen molar-refractivity contribution in [1.29, 1.82) is 0 Å². The molecule has 4 heteroatoms. The fraction of sp³-hybridized carbons (Fsp3) is 0.389. The Bertz CT molecular complexity index is 619. The molecule has 1 heterocycles. The second kappa shape index (κ2) is 7.38. The van der Waals surface area contributed by atoms with Gasteiger partial charge in [-0.25, -0.2) is 0 Å². The van der Waals surface area contributed by atoms with Crippen molar-refractivity contribution in [3.05, 3.63) is 59.4 Å². The molecule has 0 fully saturated rings. The monoisotopic (exact) mass is 297 g/mol. The largest absolute Gasteiger partial charge is 0.394 e. The number of nitrogens with zero attached hydrogens (tertiary/aromatic N) is 2. The van der Waals surface area contributed by atoms with E-state index in [0.717, 1.165) is 19.4 Å². The van der Waals surface area contributed by atoms with Gasteiger partial charge in [-0.3, -0.25) is 4.68 Å². The van der Waals surface area contributed by atoms with Crippen molar-refractivity contribution < 1.29 is 5.11 Å². The van der Waals surface area contributed by atoms with Gasteiger partial charge >= 0.3 is 0 Å². The van der Waals surface area contributed by atoms with Crippen molar-refractivity contribution >= 4 is 6.08 Å². The highest BCUT2D eigenvalue weighted by molar-refractivity contribution is 5.48. The topological polar surface area (TPSA) is 50.1 Å². The molecular formula is C18H23N3O. The Morgan fingerprint density at radius 3 is 3.00 bits per heavy atom. The fourth-order valence-electron chi connectivity index (χ4n) is 3.09. The Morgan fingerprint density at radius 1 is 1.32 bits per heavy atom. The maximum absolute atomic E-state index is 9.10. The van der Waals surface area contributed by atoms with Gasteiger partial charge in [0.2, 0.25) is 0 Å². The predicted molar refractivity (Wildman–Crippen MR) is 88.5 cm³/mol. The molecule has 2 N–H and O–H groups in total. The van der Waals surface area contributed by atoms with E-state index in [4.69, 9.17) is 5.11 Å². The average Bonchev–Trinajstić information content (AvgIpc) is 2.97. The molecule has 3 rings (SSSR count). The van der Waals surface area contributed by atoms with Crippen LogP contribution in [0, 0.1) is 0 Å². The molecule has 1 atom stereocenters. The third-order valence-electron chi connectivity index (χ3n) is 4.17. The van der Waals surface area contributed by atoms with Crippen LogP contribution in [-0.2, 0) is 13.0 Å². The molecule has 0 radical (unpaired) electrons. The summed E-state index contributed by atoms with van der Waals surface area (Å²) in [6, 6.07) is 10.7. The van der Waals surface area contributed by atoms with Gasteiger partial charge in [0.05, 0.1) is 19.3 Å². The van der Waals surface area contributed by atoms with Crippen LogP contribution in [0.1, 0.15) is 35.7 Å². The summed E-state index contributed by atoms with van der Waals surface area (Å²) in [5.74, 6) is 0. The van der Waals surface area contributed by atoms with E-state index < -0.39 is 0 Å². The smallest absolute Gasteiger partial charge is 0.0644 e. The average molecular weight is 297 g/mol. The number of hydrogen-bond acceptors (Lipinski definition) is 3. The predicted octanol–water partition coefficient (Wildman–Crippen LogP) is 2.56. The van der Waals surface area contributed by atoms with Crippen molar-refractivity contribution in [2.45, 2.75) is 31.8 Å². The first kappa shape index (κ1) is 15.0. The van der Waals surface area contributed by atoms with E-state index in [2.05, 4.69) is 46.8 Å². The second-order valence-corrected chi connectivity index (χ2v) is 5.66. The van der Waals surface area contributed by atoms with Crippen molar-refractivity contribution in [2.75, 3.05) is 13.2 Å². The Hall–Kier alpha value is -1.91. The van der Waals surface area contributed by atoms with Crippen LogP contribution in [0.15, 0.2) is 42.6 Å². The summed E-state index contributed by atoms with van der Waals surface area (Å²) in [5, 5.41) is 17.1. The van der Waals surface area contributed by atoms with Crippen LogP contribution in [0.2, 0.25) is 0 Å². The lowest BCUT2D eigenvalue weighted by Gasteiger charge is -2.23. The molecule has 0 unspecified atom stereocenters. The molecular weight excluding hydrogens is 274 g/mol. The van der Waals surface area contributed by atoms with Crippen LogP contribution in [-0.4, -0.2) is 28.0 Å². The van der Waals surface area contributed by atoms with Gasteiger partial charge in [0.25, 0.3) is 0 Å². The number of rotatable bonds is 6. The molecule has 116 valence electrons. The van der Waals surface area contributed by atoms with Gasteiger partial charge in [-0.2, -0.15) is 5.10 Å². The van der Waals surface area contributed by atoms with Gasteiger partial charge in [0.15, 0.2) is 0 Å². The van der Waals surface area contributed by atoms with Crippen LogP contribution in [0.25, 0.3) is 6.08 Å². The van der Waals surface area contributed by atoms with Crippen molar-refractivity contribution in [2.24, 2.45) is 0 Å². The van der Waals surface area contributed by atoms with Crippen LogP contribution in [0.5, 0.6) is 0 Å². The molecule has 1 aliphatic rings. The van der Waals surface area contributed by atoms with Gasteiger partial charge in [-0.15, -0.1) is 0 Å². The molecule has 0 saturated carbocycles. The van der Waals surface area contributed by atoms with Crippen molar-refractivity contribution in [1.82, 2.24) is 15.1 Å². The van der Waals surface area contributed by atoms with Gasteiger partial charge < -0.3 is 10.4 Å². The quantitative estimate of drug-likeness (QED) is 0.861. The lowest BCUT2D eigenvalue weighted by Crippen LogP contribution is -2.25. The lowest BCUT2D eigenvalue weighted by molar-refractivity contribution is 0.266. The molecule has 0 aliphatic heterocycles. The molecule has 0 bridgehead atoms. The second-order valence-electron chi connectivity index (χ2n) is 5.66. The van der Waals surface area contributed by atoms with Crippen molar-refractivity contribution in [3.8, 4) is 0 Å². The van der Waals surface area contributed by atoms with E-state index in [1.165, 1.54) is 23.2 Å². The summed E-state index contributed by atoms with van der Waals surface area (Å²) in [4.78, 5) is 0. The number of aromatic nitrogens is 2. The summed E-state index contributed by atoms with van der Waals surface area (Å²) in [6.07, 6.45) is 9.66. The first-order valence-electron chi connectivity index (χ1n) is 7.99. The van der Waals surface area contributed by atoms with Crippen LogP contribution >= 0.6 is 0 Å². The summed E-state index contributed by atoms with van der Waals surface area (Å²) in [7, 11) is 0. The molecule has 1 aliphatic carbocycles. The van der Waals surface area contributed by atoms with E-state index in [9.17, 15) is 0 Å². The first-order chi connectivity index (χ1) is 10.9. The maximum Gasteiger partial charge on any atom is 0.0644 e. The molecule has 22 heavy (non-hydrogen) atoms. The highest BCUT2D eigenvalue weighted by Crippen LogP contribution is 2.29. The summed E-state index contributed by atoms with van der Waals surface area (Å²) >= 11 is 0. The van der Waals surface area contributed by atoms with Gasteiger partial charge in [-0.1, -0.05) is 42.5 Å². The number of nitrogens with one attached hydrogen (secondary N) is 1. The number of hydrogen-bond donors (Lipinski definition) is 2. The van der Waals surface area contributed by atoms with Gasteiger partial charge in [-0.05, 0) is 24.8 Å². The van der Waals surface area contributed by atoms with Crippen molar-refractivity contribution in [3.63, 3.8) is 0 Å². The standard InChI is InChI=1S/C18H23N3O/c22-13-12-21-18-10-4-9-17(16(18)14-20-21)19-11-5-8-15-6-2-1-3-7-15/h1-3,5-8,14,17,19,22H,4,9-13H2/b8-5-/t17-/m0/s1. The zero-order valence-corrected chi connectivity index (χ0v) is 12.8. The van der Waals surface area contributed by atoms with Crippen LogP contribution in [0.3, 0.4) is 0 Å². The maximum atomic E-state index is 9.10. The van der Waals surface area contributed by atoms with Crippen LogP contribution < -0.4 is 5.32 Å². The summed E-state index contributed by atoms with van der Waals surface area (Å²) in [5.41, 5.74) is 3.81. The highest BCUT2D eigenvalue weighted by Gasteiger charge is 2.23. The number of fused-ring (bicyclic) bond motifs is 1. The molecule has 0 saturated heterocycles. The number of benzene rings is 1. The van der Waals surface area contributed by atoms with E-state index in [1.54, 1.807) is 0 Å². The van der Waals surface area contributed by atoms with Crippen LogP contribution in [0.4, 0.5) is 0 Å². The molecule has 2 aromatic rings. The normalized spacial score (nSPS) is 17.8. The van der Waals surface area contributed by atoms with E-state index in [-0.39, 0.29) is 6.61 Å². The summed E-state index contributed by atoms with van der Waals surface area (Å²) in [6.45, 7) is 1.59. The first-order valence-corrected chi connectivity index (χ1v) is 7.99. The highest BCUT2D eigenvalue weighted by atomic mass is 16.3. The zero-order chi connectivity index (χ0) is 15.2. The van der Waals surface area contributed by atoms with E-state index in [0.29, 0.717) is 12.6 Å². The molecule has 1 aromatic heterocycles. The van der Waals surface area contributed by atoms with E-state index in [1.807, 2.05) is 16.9 Å². The minimum absolute atomic E-state index is 0.145. The number of aliphatic hydroxyl groups excluding tert-OH is 1. The Balaban J connectivity index is 1.59. The van der Waals surface area contributed by atoms with Gasteiger partial charge in [0.1, 0.15) is 0 Å². The third-order valence-corrected chi connectivity index (χ3v) is 4.17. The minimum atomic E-state index is 0.145. The van der Waals surface area contributed by atoms with E-state index >= 15 is 0 Å². The lowest BCUT2D eigenvalue weighted by atomic mass is 9.93. The third kappa shape index (κ3) is 3.46.